The van der Waals surface area contributed by atoms with Crippen molar-refractivity contribution >= 4 is 11.9 Å². The van der Waals surface area contributed by atoms with Crippen LogP contribution in [0.3, 0.4) is 0 Å². The second-order valence-electron chi connectivity index (χ2n) is 4.51. The van der Waals surface area contributed by atoms with Crippen molar-refractivity contribution in [3.63, 3.8) is 0 Å². The monoisotopic (exact) mass is 277 g/mol. The van der Waals surface area contributed by atoms with E-state index in [-0.39, 0.29) is 17.0 Å². The summed E-state index contributed by atoms with van der Waals surface area (Å²) in [6.07, 6.45) is 5.69. The Hall–Kier alpha value is -2.35. The highest BCUT2D eigenvalue weighted by molar-refractivity contribution is 5.96. The highest BCUT2D eigenvalue weighted by atomic mass is 19.1. The Morgan fingerprint density at radius 2 is 2.15 bits per heavy atom. The van der Waals surface area contributed by atoms with Crippen molar-refractivity contribution in [1.82, 2.24) is 5.32 Å². The standard InChI is InChI=1S/C15H16FNO3/c1-4-9(3)13(15(19)20)17-14(18)11-7-6-10(5-2)12(16)8-11/h2,6-9,13H,4H2,1,3H3,(H,17,18)(H,19,20). The highest BCUT2D eigenvalue weighted by Crippen LogP contribution is 2.12. The maximum atomic E-state index is 13.5. The second kappa shape index (κ2) is 6.71. The van der Waals surface area contributed by atoms with E-state index in [4.69, 9.17) is 11.5 Å². The zero-order valence-corrected chi connectivity index (χ0v) is 11.3. The van der Waals surface area contributed by atoms with Crippen molar-refractivity contribution in [1.29, 1.82) is 0 Å². The molecule has 0 heterocycles. The van der Waals surface area contributed by atoms with Gasteiger partial charge in [-0.1, -0.05) is 26.2 Å². The van der Waals surface area contributed by atoms with Crippen molar-refractivity contribution < 1.29 is 19.1 Å². The molecule has 20 heavy (non-hydrogen) atoms. The third-order valence-corrected chi connectivity index (χ3v) is 3.15. The van der Waals surface area contributed by atoms with Crippen molar-refractivity contribution in [2.75, 3.05) is 0 Å². The summed E-state index contributed by atoms with van der Waals surface area (Å²) < 4.78 is 13.5. The van der Waals surface area contributed by atoms with Gasteiger partial charge in [0.25, 0.3) is 5.91 Å². The minimum atomic E-state index is -1.12. The van der Waals surface area contributed by atoms with E-state index in [2.05, 4.69) is 11.2 Å². The number of hydrogen-bond donors (Lipinski definition) is 2. The Bertz CT molecular complexity index is 563. The van der Waals surface area contributed by atoms with E-state index in [1.54, 1.807) is 6.92 Å². The minimum absolute atomic E-state index is 0.0380. The molecule has 0 spiro atoms. The molecule has 1 aromatic carbocycles. The molecule has 4 nitrogen and oxygen atoms in total. The summed E-state index contributed by atoms with van der Waals surface area (Å²) in [6.45, 7) is 3.55. The molecule has 0 radical (unpaired) electrons. The van der Waals surface area contributed by atoms with Gasteiger partial charge in [-0.25, -0.2) is 9.18 Å². The quantitative estimate of drug-likeness (QED) is 0.809. The number of amides is 1. The third kappa shape index (κ3) is 3.58. The minimum Gasteiger partial charge on any atom is -0.480 e. The van der Waals surface area contributed by atoms with Gasteiger partial charge < -0.3 is 10.4 Å². The van der Waals surface area contributed by atoms with Crippen LogP contribution >= 0.6 is 0 Å². The van der Waals surface area contributed by atoms with Crippen LogP contribution in [0.15, 0.2) is 18.2 Å². The predicted molar refractivity (Wildman–Crippen MR) is 72.7 cm³/mol. The number of carbonyl (C=O) groups is 2. The van der Waals surface area contributed by atoms with E-state index in [0.717, 1.165) is 6.07 Å². The van der Waals surface area contributed by atoms with Gasteiger partial charge in [0.2, 0.25) is 0 Å². The summed E-state index contributed by atoms with van der Waals surface area (Å²) in [5.41, 5.74) is 0.0920. The molecule has 0 aliphatic rings. The van der Waals surface area contributed by atoms with Gasteiger partial charge in [0.15, 0.2) is 0 Å². The fraction of sp³-hybridized carbons (Fsp3) is 0.333. The normalized spacial score (nSPS) is 13.1. The number of hydrogen-bond acceptors (Lipinski definition) is 2. The molecule has 0 saturated carbocycles. The van der Waals surface area contributed by atoms with Crippen molar-refractivity contribution in [2.45, 2.75) is 26.3 Å². The molecule has 0 saturated heterocycles. The van der Waals surface area contributed by atoms with E-state index >= 15 is 0 Å². The van der Waals surface area contributed by atoms with Gasteiger partial charge in [-0.3, -0.25) is 4.79 Å². The molecule has 1 amide bonds. The third-order valence-electron chi connectivity index (χ3n) is 3.15. The van der Waals surface area contributed by atoms with Crippen molar-refractivity contribution in [3.05, 3.63) is 35.1 Å². The summed E-state index contributed by atoms with van der Waals surface area (Å²) >= 11 is 0. The Balaban J connectivity index is 2.93. The zero-order chi connectivity index (χ0) is 15.3. The lowest BCUT2D eigenvalue weighted by molar-refractivity contribution is -0.140. The molecule has 106 valence electrons. The lowest BCUT2D eigenvalue weighted by Crippen LogP contribution is -2.45. The van der Waals surface area contributed by atoms with Crippen LogP contribution < -0.4 is 5.32 Å². The highest BCUT2D eigenvalue weighted by Gasteiger charge is 2.25. The summed E-state index contributed by atoms with van der Waals surface area (Å²) in [5, 5.41) is 11.5. The van der Waals surface area contributed by atoms with Crippen LogP contribution in [0.4, 0.5) is 4.39 Å². The fourth-order valence-electron chi connectivity index (χ4n) is 1.68. The SMILES string of the molecule is C#Cc1ccc(C(=O)NC(C(=O)O)C(C)CC)cc1F. The maximum Gasteiger partial charge on any atom is 0.326 e. The molecular formula is C15H16FNO3. The number of benzene rings is 1. The molecule has 0 bridgehead atoms. The molecule has 0 aromatic heterocycles. The van der Waals surface area contributed by atoms with E-state index in [1.165, 1.54) is 12.1 Å². The van der Waals surface area contributed by atoms with Gasteiger partial charge in [0.1, 0.15) is 11.9 Å². The lowest BCUT2D eigenvalue weighted by Gasteiger charge is -2.20. The van der Waals surface area contributed by atoms with Crippen LogP contribution in [-0.2, 0) is 4.79 Å². The van der Waals surface area contributed by atoms with Crippen LogP contribution in [0.5, 0.6) is 0 Å². The Labute approximate surface area is 117 Å². The summed E-state index contributed by atoms with van der Waals surface area (Å²) in [6, 6.07) is 2.66. The van der Waals surface area contributed by atoms with Crippen molar-refractivity contribution in [2.24, 2.45) is 5.92 Å². The average molecular weight is 277 g/mol. The maximum absolute atomic E-state index is 13.5. The van der Waals surface area contributed by atoms with Crippen LogP contribution in [0.1, 0.15) is 36.2 Å². The number of aliphatic carboxylic acids is 1. The first kappa shape index (κ1) is 15.7. The van der Waals surface area contributed by atoms with Gasteiger partial charge in [0.05, 0.1) is 5.56 Å². The molecule has 0 fully saturated rings. The van der Waals surface area contributed by atoms with Gasteiger partial charge in [-0.05, 0) is 24.1 Å². The molecule has 1 aromatic rings. The summed E-state index contributed by atoms with van der Waals surface area (Å²) in [5.74, 6) is -0.524. The molecule has 2 unspecified atom stereocenters. The van der Waals surface area contributed by atoms with Gasteiger partial charge in [-0.15, -0.1) is 6.42 Å². The van der Waals surface area contributed by atoms with E-state index in [1.807, 2.05) is 6.92 Å². The first-order valence-corrected chi connectivity index (χ1v) is 6.20. The Morgan fingerprint density at radius 3 is 2.60 bits per heavy atom. The van der Waals surface area contributed by atoms with Crippen LogP contribution in [-0.4, -0.2) is 23.0 Å². The summed E-state index contributed by atoms with van der Waals surface area (Å²) in [4.78, 5) is 23.1. The van der Waals surface area contributed by atoms with Crippen LogP contribution in [0.25, 0.3) is 0 Å². The second-order valence-corrected chi connectivity index (χ2v) is 4.51. The number of halogens is 1. The summed E-state index contributed by atoms with van der Waals surface area (Å²) in [7, 11) is 0. The first-order chi connectivity index (χ1) is 9.40. The molecule has 2 N–H and O–H groups in total. The molecule has 0 aliphatic heterocycles. The van der Waals surface area contributed by atoms with Crippen LogP contribution in [0.2, 0.25) is 0 Å². The lowest BCUT2D eigenvalue weighted by atomic mass is 9.99. The molecular weight excluding hydrogens is 261 g/mol. The van der Waals surface area contributed by atoms with Crippen molar-refractivity contribution in [3.8, 4) is 12.3 Å². The van der Waals surface area contributed by atoms with E-state index in [0.29, 0.717) is 6.42 Å². The Kier molecular flexibility index (Phi) is 5.27. The zero-order valence-electron chi connectivity index (χ0n) is 11.3. The number of carboxylic acid groups (broad SMARTS) is 1. The number of terminal acetylenes is 1. The van der Waals surface area contributed by atoms with Crippen LogP contribution in [0, 0.1) is 24.1 Å². The molecule has 5 heteroatoms. The average Bonchev–Trinajstić information content (AvgIpc) is 2.43. The van der Waals surface area contributed by atoms with Gasteiger partial charge >= 0.3 is 5.97 Å². The molecule has 1 rings (SSSR count). The first-order valence-electron chi connectivity index (χ1n) is 6.20. The smallest absolute Gasteiger partial charge is 0.326 e. The fourth-order valence-corrected chi connectivity index (χ4v) is 1.68. The number of carboxylic acids is 1. The number of rotatable bonds is 5. The Morgan fingerprint density at radius 1 is 1.50 bits per heavy atom. The number of carbonyl (C=O) groups excluding carboxylic acids is 1. The predicted octanol–water partition coefficient (Wildman–Crippen LogP) is 2.04. The van der Waals surface area contributed by atoms with E-state index in [9.17, 15) is 14.0 Å². The molecule has 2 atom stereocenters. The topological polar surface area (TPSA) is 66.4 Å². The largest absolute Gasteiger partial charge is 0.480 e. The van der Waals surface area contributed by atoms with E-state index < -0.39 is 23.7 Å². The van der Waals surface area contributed by atoms with Gasteiger partial charge in [0, 0.05) is 5.56 Å². The number of nitrogens with one attached hydrogen (secondary N) is 1. The molecule has 0 aliphatic carbocycles. The van der Waals surface area contributed by atoms with Gasteiger partial charge in [-0.2, -0.15) is 0 Å².